The van der Waals surface area contributed by atoms with Gasteiger partial charge >= 0.3 is 0 Å². The highest BCUT2D eigenvalue weighted by Crippen LogP contribution is 2.44. The van der Waals surface area contributed by atoms with Crippen molar-refractivity contribution in [3.05, 3.63) is 132 Å². The minimum absolute atomic E-state index is 0.500. The summed E-state index contributed by atoms with van der Waals surface area (Å²) in [4.78, 5) is 0. The summed E-state index contributed by atoms with van der Waals surface area (Å²) in [6, 6.07) is 46.4. The van der Waals surface area contributed by atoms with E-state index in [2.05, 4.69) is 100 Å². The van der Waals surface area contributed by atoms with Gasteiger partial charge in [-0.1, -0.05) is 78.9 Å². The Morgan fingerprint density at radius 1 is 0.488 bits per heavy atom. The minimum atomic E-state index is 0.500. The van der Waals surface area contributed by atoms with E-state index >= 15 is 0 Å². The maximum atomic E-state index is 10.9. The average molecular weight is 565 g/mol. The molecule has 0 bridgehead atoms. The summed E-state index contributed by atoms with van der Waals surface area (Å²) in [6.45, 7) is 0. The second kappa shape index (κ2) is 8.81. The summed E-state index contributed by atoms with van der Waals surface area (Å²) in [5, 5.41) is 28.1. The topological polar surface area (TPSA) is 57.4 Å². The van der Waals surface area contributed by atoms with Gasteiger partial charge in [0.15, 0.2) is 0 Å². The number of hydrogen-bond donors (Lipinski definition) is 0. The quantitative estimate of drug-likeness (QED) is 0.210. The lowest BCUT2D eigenvalue weighted by atomic mass is 10.1. The summed E-state index contributed by atoms with van der Waals surface area (Å²) in [7, 11) is 0. The van der Waals surface area contributed by atoms with Gasteiger partial charge in [-0.25, -0.2) is 0 Å². The molecule has 0 aliphatic carbocycles. The van der Waals surface area contributed by atoms with Crippen molar-refractivity contribution in [3.8, 4) is 23.5 Å². The van der Waals surface area contributed by atoms with Crippen molar-refractivity contribution < 1.29 is 0 Å². The molecule has 9 rings (SSSR count). The molecule has 0 amide bonds. The van der Waals surface area contributed by atoms with Crippen LogP contribution >= 0.6 is 11.3 Å². The third-order valence-corrected chi connectivity index (χ3v) is 9.78. The zero-order valence-corrected chi connectivity index (χ0v) is 23.6. The van der Waals surface area contributed by atoms with E-state index in [1.807, 2.05) is 42.5 Å². The van der Waals surface area contributed by atoms with Gasteiger partial charge < -0.3 is 9.13 Å². The van der Waals surface area contributed by atoms with Crippen molar-refractivity contribution in [1.82, 2.24) is 9.13 Å². The lowest BCUT2D eigenvalue weighted by Crippen LogP contribution is -2.05. The highest BCUT2D eigenvalue weighted by atomic mass is 32.1. The Balaban J connectivity index is 1.45. The van der Waals surface area contributed by atoms with Crippen molar-refractivity contribution in [2.24, 2.45) is 0 Å². The van der Waals surface area contributed by atoms with E-state index < -0.39 is 0 Å². The molecule has 0 unspecified atom stereocenters. The van der Waals surface area contributed by atoms with Gasteiger partial charge in [0, 0.05) is 41.7 Å². The normalized spacial score (nSPS) is 11.7. The van der Waals surface area contributed by atoms with Crippen LogP contribution < -0.4 is 0 Å². The predicted octanol–water partition coefficient (Wildman–Crippen LogP) is 9.99. The molecular weight excluding hydrogens is 545 g/mol. The molecule has 0 atom stereocenters. The molecule has 0 aliphatic heterocycles. The second-order valence-electron chi connectivity index (χ2n) is 10.8. The van der Waals surface area contributed by atoms with E-state index in [0.29, 0.717) is 22.5 Å². The fraction of sp³-hybridized carbons (Fsp3) is 0. The minimum Gasteiger partial charge on any atom is -0.308 e. The average Bonchev–Trinajstić information content (AvgIpc) is 3.71. The Morgan fingerprint density at radius 3 is 1.65 bits per heavy atom. The van der Waals surface area contributed by atoms with Gasteiger partial charge in [0.2, 0.25) is 0 Å². The molecule has 3 heterocycles. The van der Waals surface area contributed by atoms with E-state index in [1.54, 1.807) is 11.3 Å². The Bertz CT molecular complexity index is 2650. The highest BCUT2D eigenvalue weighted by Gasteiger charge is 2.23. The first-order chi connectivity index (χ1) is 21.3. The van der Waals surface area contributed by atoms with Crippen molar-refractivity contribution in [2.45, 2.75) is 0 Å². The number of para-hydroxylation sites is 3. The lowest BCUT2D eigenvalue weighted by Gasteiger charge is -2.16. The maximum absolute atomic E-state index is 10.9. The van der Waals surface area contributed by atoms with Gasteiger partial charge in [-0.3, -0.25) is 0 Å². The largest absolute Gasteiger partial charge is 0.308 e. The maximum Gasteiger partial charge on any atom is 0.104 e. The lowest BCUT2D eigenvalue weighted by molar-refractivity contribution is 1.11. The van der Waals surface area contributed by atoms with Crippen LogP contribution in [0.5, 0.6) is 0 Å². The molecule has 3 aromatic heterocycles. The van der Waals surface area contributed by atoms with Gasteiger partial charge in [0.25, 0.3) is 0 Å². The first kappa shape index (κ1) is 23.8. The van der Waals surface area contributed by atoms with Gasteiger partial charge in [-0.2, -0.15) is 10.5 Å². The first-order valence-electron chi connectivity index (χ1n) is 14.1. The Labute approximate surface area is 250 Å². The summed E-state index contributed by atoms with van der Waals surface area (Å²) in [5.41, 5.74) is 6.42. The van der Waals surface area contributed by atoms with E-state index in [9.17, 15) is 10.5 Å². The van der Waals surface area contributed by atoms with E-state index in [4.69, 9.17) is 0 Å². The number of aromatic nitrogens is 2. The molecule has 0 N–H and O–H groups in total. The number of nitriles is 2. The molecule has 4 nitrogen and oxygen atoms in total. The van der Waals surface area contributed by atoms with E-state index in [-0.39, 0.29) is 0 Å². The third-order valence-electron chi connectivity index (χ3n) is 8.58. The van der Waals surface area contributed by atoms with Crippen molar-refractivity contribution in [2.75, 3.05) is 0 Å². The molecule has 198 valence electrons. The molecule has 5 heteroatoms. The fourth-order valence-electron chi connectivity index (χ4n) is 6.82. The smallest absolute Gasteiger partial charge is 0.104 e. The standard InChI is InChI=1S/C38H20N4S/c39-21-23-19-34(41-30-13-5-1-9-24(30)25-10-2-6-14-31(25)41)29(22-40)35(20-23)42-32-15-7-3-12-28(32)37-33(42)18-17-27-26-11-4-8-16-36(26)43-38(27)37/h1-20H. The third kappa shape index (κ3) is 3.17. The molecule has 0 saturated heterocycles. The van der Waals surface area contributed by atoms with Crippen molar-refractivity contribution in [1.29, 1.82) is 10.5 Å². The second-order valence-corrected chi connectivity index (χ2v) is 11.8. The predicted molar refractivity (Wildman–Crippen MR) is 177 cm³/mol. The summed E-state index contributed by atoms with van der Waals surface area (Å²) < 4.78 is 6.78. The first-order valence-corrected chi connectivity index (χ1v) is 14.9. The van der Waals surface area contributed by atoms with Crippen LogP contribution in [0.2, 0.25) is 0 Å². The molecule has 0 aliphatic rings. The monoisotopic (exact) mass is 564 g/mol. The Kier molecular flexibility index (Phi) is 4.87. The molecule has 6 aromatic carbocycles. The van der Waals surface area contributed by atoms with Crippen molar-refractivity contribution >= 4 is 75.1 Å². The molecule has 0 radical (unpaired) electrons. The summed E-state index contributed by atoms with van der Waals surface area (Å²) in [5.74, 6) is 0. The molecule has 0 saturated carbocycles. The van der Waals surface area contributed by atoms with Crippen LogP contribution in [0.15, 0.2) is 121 Å². The van der Waals surface area contributed by atoms with Crippen LogP contribution in [0.4, 0.5) is 0 Å². The number of hydrogen-bond acceptors (Lipinski definition) is 3. The highest BCUT2D eigenvalue weighted by molar-refractivity contribution is 7.26. The number of rotatable bonds is 2. The Hall–Kier alpha value is -5.88. The number of benzene rings is 6. The van der Waals surface area contributed by atoms with E-state index in [1.165, 1.54) is 25.6 Å². The number of thiophene rings is 1. The van der Waals surface area contributed by atoms with Crippen LogP contribution in [-0.4, -0.2) is 9.13 Å². The van der Waals surface area contributed by atoms with Crippen LogP contribution in [0.1, 0.15) is 11.1 Å². The van der Waals surface area contributed by atoms with Gasteiger partial charge in [-0.15, -0.1) is 11.3 Å². The SMILES string of the molecule is N#Cc1cc(-n2c3ccccc3c3ccccc32)c(C#N)c(-n2c3ccccc3c3c4sc5ccccc5c4ccc32)c1. The molecule has 43 heavy (non-hydrogen) atoms. The van der Waals surface area contributed by atoms with Gasteiger partial charge in [0.1, 0.15) is 11.6 Å². The van der Waals surface area contributed by atoms with Crippen molar-refractivity contribution in [3.63, 3.8) is 0 Å². The molecule has 9 aromatic rings. The number of fused-ring (bicyclic) bond motifs is 10. The summed E-state index contributed by atoms with van der Waals surface area (Å²) >= 11 is 1.80. The van der Waals surface area contributed by atoms with Crippen LogP contribution in [0.25, 0.3) is 75.2 Å². The zero-order valence-electron chi connectivity index (χ0n) is 22.7. The summed E-state index contributed by atoms with van der Waals surface area (Å²) in [6.07, 6.45) is 0. The van der Waals surface area contributed by atoms with Crippen LogP contribution in [-0.2, 0) is 0 Å². The van der Waals surface area contributed by atoms with Gasteiger partial charge in [-0.05, 0) is 42.5 Å². The van der Waals surface area contributed by atoms with Crippen LogP contribution in [0.3, 0.4) is 0 Å². The Morgan fingerprint density at radius 2 is 1.02 bits per heavy atom. The molecular formula is C38H20N4S. The zero-order chi connectivity index (χ0) is 28.7. The molecule has 0 fully saturated rings. The number of nitrogens with zero attached hydrogens (tertiary/aromatic N) is 4. The fourth-order valence-corrected chi connectivity index (χ4v) is 8.08. The van der Waals surface area contributed by atoms with Crippen LogP contribution in [0, 0.1) is 22.7 Å². The van der Waals surface area contributed by atoms with Gasteiger partial charge in [0.05, 0.1) is 45.1 Å². The van der Waals surface area contributed by atoms with E-state index in [0.717, 1.165) is 38.2 Å². The molecule has 0 spiro atoms.